The molecule has 0 aliphatic carbocycles. The third-order valence-electron chi connectivity index (χ3n) is 1.90. The van der Waals surface area contributed by atoms with Gasteiger partial charge in [-0.15, -0.1) is 11.8 Å². The molecule has 0 unspecified atom stereocenters. The maximum atomic E-state index is 10.7. The largest absolute Gasteiger partial charge is 0.492 e. The number of hydrogen-bond acceptors (Lipinski definition) is 4. The standard InChI is InChI=1S/C11H14O3S/c1-4-14-9-5-8(7-12)6-10(15-3)11(9)13-2/h5-7H,4H2,1-3H3. The van der Waals surface area contributed by atoms with Crippen molar-refractivity contribution < 1.29 is 14.3 Å². The Morgan fingerprint density at radius 3 is 2.67 bits per heavy atom. The summed E-state index contributed by atoms with van der Waals surface area (Å²) in [7, 11) is 1.60. The van der Waals surface area contributed by atoms with E-state index in [1.807, 2.05) is 13.2 Å². The molecule has 1 aromatic rings. The topological polar surface area (TPSA) is 35.5 Å². The molecule has 3 nitrogen and oxygen atoms in total. The van der Waals surface area contributed by atoms with Crippen molar-refractivity contribution in [2.75, 3.05) is 20.0 Å². The van der Waals surface area contributed by atoms with Gasteiger partial charge in [0, 0.05) is 5.56 Å². The first-order valence-electron chi connectivity index (χ1n) is 4.60. The average Bonchev–Trinajstić information content (AvgIpc) is 2.28. The summed E-state index contributed by atoms with van der Waals surface area (Å²) in [4.78, 5) is 11.6. The Morgan fingerprint density at radius 1 is 1.47 bits per heavy atom. The molecule has 0 aromatic heterocycles. The van der Waals surface area contributed by atoms with E-state index in [0.717, 1.165) is 11.2 Å². The first-order chi connectivity index (χ1) is 7.26. The van der Waals surface area contributed by atoms with Crippen molar-refractivity contribution in [3.8, 4) is 11.5 Å². The Bertz CT molecular complexity index is 350. The SMILES string of the molecule is CCOc1cc(C=O)cc(SC)c1OC. The highest BCUT2D eigenvalue weighted by Gasteiger charge is 2.11. The van der Waals surface area contributed by atoms with Crippen molar-refractivity contribution in [3.05, 3.63) is 17.7 Å². The first kappa shape index (κ1) is 11.9. The van der Waals surface area contributed by atoms with Gasteiger partial charge in [-0.3, -0.25) is 4.79 Å². The van der Waals surface area contributed by atoms with E-state index in [0.29, 0.717) is 23.7 Å². The van der Waals surface area contributed by atoms with Crippen LogP contribution in [0.4, 0.5) is 0 Å². The maximum Gasteiger partial charge on any atom is 0.174 e. The molecule has 1 rings (SSSR count). The predicted octanol–water partition coefficient (Wildman–Crippen LogP) is 2.63. The van der Waals surface area contributed by atoms with Crippen molar-refractivity contribution in [1.82, 2.24) is 0 Å². The van der Waals surface area contributed by atoms with Crippen molar-refractivity contribution in [2.45, 2.75) is 11.8 Å². The minimum Gasteiger partial charge on any atom is -0.492 e. The molecule has 0 aliphatic rings. The zero-order valence-corrected chi connectivity index (χ0v) is 9.89. The third kappa shape index (κ3) is 2.65. The van der Waals surface area contributed by atoms with Gasteiger partial charge in [0.15, 0.2) is 11.5 Å². The molecule has 0 saturated heterocycles. The van der Waals surface area contributed by atoms with Gasteiger partial charge >= 0.3 is 0 Å². The fraction of sp³-hybridized carbons (Fsp3) is 0.364. The Balaban J connectivity index is 3.25. The lowest BCUT2D eigenvalue weighted by atomic mass is 10.2. The molecular weight excluding hydrogens is 212 g/mol. The van der Waals surface area contributed by atoms with Gasteiger partial charge in [-0.1, -0.05) is 0 Å². The fourth-order valence-electron chi connectivity index (χ4n) is 1.28. The van der Waals surface area contributed by atoms with Gasteiger partial charge in [0.1, 0.15) is 6.29 Å². The first-order valence-corrected chi connectivity index (χ1v) is 5.83. The number of rotatable bonds is 5. The van der Waals surface area contributed by atoms with Crippen molar-refractivity contribution in [1.29, 1.82) is 0 Å². The van der Waals surface area contributed by atoms with Crippen molar-refractivity contribution in [3.63, 3.8) is 0 Å². The monoisotopic (exact) mass is 226 g/mol. The van der Waals surface area contributed by atoms with Crippen LogP contribution in [0, 0.1) is 0 Å². The fourth-order valence-corrected chi connectivity index (χ4v) is 1.90. The molecule has 0 heterocycles. The molecule has 0 amide bonds. The summed E-state index contributed by atoms with van der Waals surface area (Å²) in [5.74, 6) is 1.31. The van der Waals surface area contributed by atoms with E-state index in [1.165, 1.54) is 11.8 Å². The minimum absolute atomic E-state index is 0.548. The molecule has 0 atom stereocenters. The smallest absolute Gasteiger partial charge is 0.174 e. The number of aldehydes is 1. The van der Waals surface area contributed by atoms with E-state index in [2.05, 4.69) is 0 Å². The van der Waals surface area contributed by atoms with Crippen LogP contribution in [0.5, 0.6) is 11.5 Å². The van der Waals surface area contributed by atoms with Crippen LogP contribution in [0.1, 0.15) is 17.3 Å². The molecule has 0 saturated carbocycles. The molecule has 0 spiro atoms. The number of methoxy groups -OCH3 is 1. The number of thioether (sulfide) groups is 1. The molecule has 0 N–H and O–H groups in total. The van der Waals surface area contributed by atoms with Crippen molar-refractivity contribution >= 4 is 18.0 Å². The summed E-state index contributed by atoms with van der Waals surface area (Å²) < 4.78 is 10.7. The van der Waals surface area contributed by atoms with Crippen LogP contribution in [0.15, 0.2) is 17.0 Å². The van der Waals surface area contributed by atoms with Gasteiger partial charge in [-0.2, -0.15) is 0 Å². The highest BCUT2D eigenvalue weighted by atomic mass is 32.2. The van der Waals surface area contributed by atoms with Gasteiger partial charge in [0.05, 0.1) is 18.6 Å². The molecule has 1 aromatic carbocycles. The summed E-state index contributed by atoms with van der Waals surface area (Å²) in [6.45, 7) is 2.44. The summed E-state index contributed by atoms with van der Waals surface area (Å²) in [5.41, 5.74) is 0.601. The third-order valence-corrected chi connectivity index (χ3v) is 2.65. The summed E-state index contributed by atoms with van der Waals surface area (Å²) in [5, 5.41) is 0. The highest BCUT2D eigenvalue weighted by Crippen LogP contribution is 2.37. The maximum absolute atomic E-state index is 10.7. The Kier molecular flexibility index (Phi) is 4.49. The zero-order valence-electron chi connectivity index (χ0n) is 9.07. The van der Waals surface area contributed by atoms with Crippen LogP contribution in [0.3, 0.4) is 0 Å². The molecule has 0 radical (unpaired) electrons. The second-order valence-electron chi connectivity index (χ2n) is 2.81. The van der Waals surface area contributed by atoms with Crippen LogP contribution < -0.4 is 9.47 Å². The van der Waals surface area contributed by atoms with E-state index < -0.39 is 0 Å². The minimum atomic E-state index is 0.548. The predicted molar refractivity (Wildman–Crippen MR) is 61.3 cm³/mol. The van der Waals surface area contributed by atoms with Crippen LogP contribution in [0.25, 0.3) is 0 Å². The molecular formula is C11H14O3S. The summed E-state index contributed by atoms with van der Waals surface area (Å²) in [6, 6.07) is 3.48. The molecule has 0 fully saturated rings. The highest BCUT2D eigenvalue weighted by molar-refractivity contribution is 7.98. The van der Waals surface area contributed by atoms with Crippen molar-refractivity contribution in [2.24, 2.45) is 0 Å². The number of benzene rings is 1. The molecule has 4 heteroatoms. The number of ether oxygens (including phenoxy) is 2. The van der Waals surface area contributed by atoms with Crippen LogP contribution in [0.2, 0.25) is 0 Å². The number of carbonyl (C=O) groups excluding carboxylic acids is 1. The van der Waals surface area contributed by atoms with Gasteiger partial charge < -0.3 is 9.47 Å². The van der Waals surface area contributed by atoms with E-state index in [9.17, 15) is 4.79 Å². The van der Waals surface area contributed by atoms with Gasteiger partial charge in [0.25, 0.3) is 0 Å². The van der Waals surface area contributed by atoms with Gasteiger partial charge in [-0.05, 0) is 25.3 Å². The molecule has 82 valence electrons. The lowest BCUT2D eigenvalue weighted by Crippen LogP contribution is -1.98. The normalized spacial score (nSPS) is 9.80. The van der Waals surface area contributed by atoms with E-state index >= 15 is 0 Å². The number of hydrogen-bond donors (Lipinski definition) is 0. The van der Waals surface area contributed by atoms with E-state index in [1.54, 1.807) is 19.2 Å². The quantitative estimate of drug-likeness (QED) is 0.571. The summed E-state index contributed by atoms with van der Waals surface area (Å²) in [6.07, 6.45) is 2.74. The zero-order chi connectivity index (χ0) is 11.3. The van der Waals surface area contributed by atoms with Crippen LogP contribution in [-0.4, -0.2) is 26.3 Å². The molecule has 0 aliphatic heterocycles. The van der Waals surface area contributed by atoms with Crippen LogP contribution >= 0.6 is 11.8 Å². The average molecular weight is 226 g/mol. The Morgan fingerprint density at radius 2 is 2.20 bits per heavy atom. The second-order valence-corrected chi connectivity index (χ2v) is 3.65. The van der Waals surface area contributed by atoms with E-state index in [4.69, 9.17) is 9.47 Å². The van der Waals surface area contributed by atoms with Gasteiger partial charge in [-0.25, -0.2) is 0 Å². The van der Waals surface area contributed by atoms with Crippen LogP contribution in [-0.2, 0) is 0 Å². The lowest BCUT2D eigenvalue weighted by Gasteiger charge is -2.13. The lowest BCUT2D eigenvalue weighted by molar-refractivity contribution is 0.112. The molecule has 15 heavy (non-hydrogen) atoms. The summed E-state index contributed by atoms with van der Waals surface area (Å²) >= 11 is 1.53. The second kappa shape index (κ2) is 5.66. The van der Waals surface area contributed by atoms with E-state index in [-0.39, 0.29) is 0 Å². The Labute approximate surface area is 93.8 Å². The van der Waals surface area contributed by atoms with Gasteiger partial charge in [0.2, 0.25) is 0 Å². The molecule has 0 bridgehead atoms. The number of carbonyl (C=O) groups is 1. The Hall–Kier alpha value is -1.16.